The topological polar surface area (TPSA) is 223 Å². The highest BCUT2D eigenvalue weighted by Gasteiger charge is 2.85. The van der Waals surface area contributed by atoms with Gasteiger partial charge in [0.15, 0.2) is 6.10 Å². The Hall–Kier alpha value is -4.11. The van der Waals surface area contributed by atoms with E-state index < -0.39 is 77.7 Å². The van der Waals surface area contributed by atoms with Crippen molar-refractivity contribution < 1.29 is 68.5 Å². The smallest absolute Gasteiger partial charge is 0.344 e. The fourth-order valence-electron chi connectivity index (χ4n) is 6.58. The lowest BCUT2D eigenvalue weighted by atomic mass is 9.74. The molecule has 14 nitrogen and oxygen atoms in total. The van der Waals surface area contributed by atoms with Crippen LogP contribution in [0.5, 0.6) is 0 Å². The average molecular weight is 691 g/mol. The van der Waals surface area contributed by atoms with Crippen LogP contribution in [0.2, 0.25) is 0 Å². The van der Waals surface area contributed by atoms with Crippen molar-refractivity contribution in [2.45, 2.75) is 108 Å². The number of carbonyl (C=O) groups excluding carboxylic acids is 2. The number of fused-ring (bicyclic) bond motifs is 2. The summed E-state index contributed by atoms with van der Waals surface area (Å²) in [5.74, 6) is -11.3. The maximum absolute atomic E-state index is 13.0. The molecule has 14 heteroatoms. The molecule has 2 heterocycles. The molecule has 2 aliphatic rings. The maximum Gasteiger partial charge on any atom is 0.344 e. The van der Waals surface area contributed by atoms with Crippen LogP contribution in [0.3, 0.4) is 0 Å². The molecule has 2 aliphatic heterocycles. The third-order valence-corrected chi connectivity index (χ3v) is 9.29. The quantitative estimate of drug-likeness (QED) is 0.0901. The van der Waals surface area contributed by atoms with E-state index in [2.05, 4.69) is 6.58 Å². The average Bonchev–Trinajstić information content (AvgIpc) is 3.25. The van der Waals surface area contributed by atoms with Gasteiger partial charge in [0.2, 0.25) is 23.1 Å². The van der Waals surface area contributed by atoms with Crippen molar-refractivity contribution in [2.24, 2.45) is 17.8 Å². The first kappa shape index (κ1) is 39.3. The number of aliphatic carboxylic acids is 3. The first-order valence-corrected chi connectivity index (χ1v) is 16.1. The van der Waals surface area contributed by atoms with Gasteiger partial charge in [-0.3, -0.25) is 4.79 Å². The van der Waals surface area contributed by atoms with Gasteiger partial charge in [0.25, 0.3) is 0 Å². The second-order valence-electron chi connectivity index (χ2n) is 13.1. The summed E-state index contributed by atoms with van der Waals surface area (Å²) < 4.78 is 22.0. The summed E-state index contributed by atoms with van der Waals surface area (Å²) in [6, 6.07) is 9.29. The molecule has 4 unspecified atom stereocenters. The molecule has 0 aromatic heterocycles. The Bertz CT molecular complexity index is 1440. The zero-order chi connectivity index (χ0) is 36.9. The molecule has 0 spiro atoms. The molecule has 270 valence electrons. The Kier molecular flexibility index (Phi) is 12.5. The number of allylic oxidation sites excluding steroid dienone is 1. The van der Waals surface area contributed by atoms with E-state index in [1.807, 2.05) is 51.1 Å². The van der Waals surface area contributed by atoms with E-state index in [4.69, 9.17) is 18.9 Å². The maximum atomic E-state index is 13.0. The van der Waals surface area contributed by atoms with Crippen LogP contribution in [-0.4, -0.2) is 96.8 Å². The van der Waals surface area contributed by atoms with Gasteiger partial charge < -0.3 is 44.5 Å². The number of carboxylic acids is 3. The zero-order valence-electron chi connectivity index (χ0n) is 28.2. The number of carbonyl (C=O) groups is 5. The van der Waals surface area contributed by atoms with Crippen molar-refractivity contribution in [3.63, 3.8) is 0 Å². The summed E-state index contributed by atoms with van der Waals surface area (Å²) in [6.45, 7) is 12.9. The van der Waals surface area contributed by atoms with Crippen molar-refractivity contribution in [3.8, 4) is 0 Å². The van der Waals surface area contributed by atoms with Crippen LogP contribution in [0.15, 0.2) is 54.6 Å². The molecule has 0 aliphatic carbocycles. The highest BCUT2D eigenvalue weighted by atomic mass is 16.8. The molecule has 0 saturated carbocycles. The number of ether oxygens (including phenoxy) is 4. The van der Waals surface area contributed by atoms with E-state index in [0.717, 1.165) is 18.1 Å². The number of carboxylic acid groups (broad SMARTS) is 3. The van der Waals surface area contributed by atoms with Gasteiger partial charge in [0.1, 0.15) is 12.2 Å². The lowest BCUT2D eigenvalue weighted by Gasteiger charge is -2.48. The fourth-order valence-corrected chi connectivity index (χ4v) is 6.58. The number of esters is 2. The fraction of sp³-hybridized carbons (Fsp3) is 0.571. The summed E-state index contributed by atoms with van der Waals surface area (Å²) >= 11 is 0. The molecule has 2 bridgehead atoms. The van der Waals surface area contributed by atoms with Crippen LogP contribution >= 0.6 is 0 Å². The Labute approximate surface area is 284 Å². The zero-order valence-corrected chi connectivity index (χ0v) is 28.2. The number of hydrogen-bond donors (Lipinski definition) is 5. The van der Waals surface area contributed by atoms with Crippen molar-refractivity contribution in [3.05, 3.63) is 60.2 Å². The molecule has 2 fully saturated rings. The van der Waals surface area contributed by atoms with Gasteiger partial charge in [-0.1, -0.05) is 77.1 Å². The van der Waals surface area contributed by atoms with E-state index in [1.54, 1.807) is 6.92 Å². The normalized spacial score (nSPS) is 30.1. The van der Waals surface area contributed by atoms with Crippen molar-refractivity contribution >= 4 is 29.8 Å². The van der Waals surface area contributed by atoms with Gasteiger partial charge in [-0.15, -0.1) is 0 Å². The van der Waals surface area contributed by atoms with E-state index in [0.29, 0.717) is 18.8 Å². The summed E-state index contributed by atoms with van der Waals surface area (Å²) in [6.07, 6.45) is -4.83. The molecule has 3 rings (SSSR count). The third-order valence-electron chi connectivity index (χ3n) is 9.29. The molecule has 1 aromatic rings. The predicted molar refractivity (Wildman–Crippen MR) is 171 cm³/mol. The molecule has 2 saturated heterocycles. The summed E-state index contributed by atoms with van der Waals surface area (Å²) in [5.41, 5.74) is -6.27. The third kappa shape index (κ3) is 7.88. The molecule has 0 radical (unpaired) electrons. The minimum Gasteiger partial charge on any atom is -0.479 e. The van der Waals surface area contributed by atoms with Gasteiger partial charge in [-0.25, -0.2) is 19.2 Å². The Balaban J connectivity index is 2.02. The number of aliphatic hydroxyl groups is 2. The van der Waals surface area contributed by atoms with Crippen molar-refractivity contribution in [2.75, 3.05) is 0 Å². The van der Waals surface area contributed by atoms with Gasteiger partial charge in [-0.05, 0) is 42.2 Å². The van der Waals surface area contributed by atoms with Crippen LogP contribution in [-0.2, 0) is 49.3 Å². The Morgan fingerprint density at radius 2 is 1.67 bits per heavy atom. The molecular weight excluding hydrogens is 644 g/mol. The van der Waals surface area contributed by atoms with E-state index in [-0.39, 0.29) is 23.8 Å². The van der Waals surface area contributed by atoms with Gasteiger partial charge in [0, 0.05) is 25.3 Å². The highest BCUT2D eigenvalue weighted by Crippen LogP contribution is 2.56. The number of hydrogen-bond acceptors (Lipinski definition) is 11. The molecule has 49 heavy (non-hydrogen) atoms. The Morgan fingerprint density at radius 3 is 2.20 bits per heavy atom. The van der Waals surface area contributed by atoms with Crippen LogP contribution in [0.25, 0.3) is 0 Å². The van der Waals surface area contributed by atoms with E-state index >= 15 is 0 Å². The molecule has 5 N–H and O–H groups in total. The van der Waals surface area contributed by atoms with Crippen molar-refractivity contribution in [1.82, 2.24) is 0 Å². The summed E-state index contributed by atoms with van der Waals surface area (Å²) in [5, 5.41) is 53.5. The van der Waals surface area contributed by atoms with E-state index in [1.165, 1.54) is 13.0 Å². The minimum atomic E-state index is -3.90. The lowest BCUT2D eigenvalue weighted by molar-refractivity contribution is -0.374. The van der Waals surface area contributed by atoms with Crippen LogP contribution in [0.4, 0.5) is 0 Å². The SMILES string of the molecule is C=C(CC[C@@]12O[C@@H](C(=O)O)[C@](O)(C(=O)O)[C@@](C(=O)O)(O1)[C@@H](OC(=O)/C=C/C(C)CC(C)CC)[C@@H]2O)C(OC(C)=O)C(C)Cc1ccccc1. The Morgan fingerprint density at radius 1 is 1.04 bits per heavy atom. The summed E-state index contributed by atoms with van der Waals surface area (Å²) in [7, 11) is 0. The van der Waals surface area contributed by atoms with Crippen LogP contribution < -0.4 is 0 Å². The molecule has 1 aromatic carbocycles. The number of rotatable bonds is 17. The second-order valence-corrected chi connectivity index (χ2v) is 13.1. The molecular formula is C35H46O14. The standard InChI is InChI=1S/C35H46O14/c1-7-19(2)17-20(3)13-14-25(37)47-28-27(38)33(48-29(30(39)40)34(45,31(41)42)35(28,49-33)32(43)44)16-15-21(4)26(46-23(6)36)22(5)18-24-11-9-8-10-12-24/h8-14,19-20,22,26-29,38,45H,4,7,15-18H2,1-3,5-6H3,(H,39,40)(H,41,42)(H,43,44)/b14-13+/t19?,20?,22?,26?,27-,28-,29-,33+,34-,35+/m0/s1. The molecule has 10 atom stereocenters. The van der Waals surface area contributed by atoms with Crippen LogP contribution in [0.1, 0.15) is 65.9 Å². The minimum absolute atomic E-state index is 0.123. The number of aliphatic hydroxyl groups excluding tert-OH is 1. The first-order valence-electron chi connectivity index (χ1n) is 16.1. The monoisotopic (exact) mass is 690 g/mol. The number of benzene rings is 1. The van der Waals surface area contributed by atoms with Gasteiger partial charge in [0.05, 0.1) is 0 Å². The summed E-state index contributed by atoms with van der Waals surface area (Å²) in [4.78, 5) is 63.0. The highest BCUT2D eigenvalue weighted by molar-refractivity contribution is 5.98. The predicted octanol–water partition coefficient (Wildman–Crippen LogP) is 2.88. The largest absolute Gasteiger partial charge is 0.479 e. The van der Waals surface area contributed by atoms with E-state index in [9.17, 15) is 49.5 Å². The second kappa shape index (κ2) is 15.6. The first-order chi connectivity index (χ1) is 22.9. The molecule has 0 amide bonds. The van der Waals surface area contributed by atoms with Gasteiger partial charge >= 0.3 is 29.8 Å². The van der Waals surface area contributed by atoms with Crippen LogP contribution in [0, 0.1) is 17.8 Å². The van der Waals surface area contributed by atoms with Crippen molar-refractivity contribution in [1.29, 1.82) is 0 Å². The lowest BCUT2D eigenvalue weighted by Crippen LogP contribution is -2.78. The van der Waals surface area contributed by atoms with Gasteiger partial charge in [-0.2, -0.15) is 0 Å².